The third kappa shape index (κ3) is 3.27. The lowest BCUT2D eigenvalue weighted by Crippen LogP contribution is -2.14. The first-order valence-corrected chi connectivity index (χ1v) is 7.79. The summed E-state index contributed by atoms with van der Waals surface area (Å²) >= 11 is 12.0. The third-order valence-electron chi connectivity index (χ3n) is 3.89. The van der Waals surface area contributed by atoms with E-state index < -0.39 is 0 Å². The smallest absolute Gasteiger partial charge is 0.228 e. The predicted octanol–water partition coefficient (Wildman–Crippen LogP) is 4.23. The number of hydrogen-bond donors (Lipinski definition) is 2. The molecule has 1 amide bonds. The minimum absolute atomic E-state index is 0.0159. The van der Waals surface area contributed by atoms with E-state index in [4.69, 9.17) is 28.3 Å². The Morgan fingerprint density at radius 3 is 2.73 bits per heavy atom. The molecule has 0 saturated heterocycles. The Hall–Kier alpha value is -1.55. The molecule has 0 aliphatic heterocycles. The van der Waals surface area contributed by atoms with Gasteiger partial charge in [0, 0.05) is 21.7 Å². The summed E-state index contributed by atoms with van der Waals surface area (Å²) in [4.78, 5) is 12.3. The minimum atomic E-state index is -0.119. The van der Waals surface area contributed by atoms with E-state index in [2.05, 4.69) is 5.32 Å². The summed E-state index contributed by atoms with van der Waals surface area (Å²) in [6.45, 7) is -0.119. The van der Waals surface area contributed by atoms with Gasteiger partial charge in [-0.2, -0.15) is 0 Å². The SMILES string of the molecule is O=C(Nc1ccc(CO)c(Cl)c1)[C@H]1C[C@@H]1c1cccc(Cl)c1. The van der Waals surface area contributed by atoms with Crippen LogP contribution in [-0.2, 0) is 11.4 Å². The molecule has 1 aliphatic carbocycles. The molecule has 22 heavy (non-hydrogen) atoms. The van der Waals surface area contributed by atoms with Crippen LogP contribution in [0.25, 0.3) is 0 Å². The fourth-order valence-electron chi connectivity index (χ4n) is 2.58. The van der Waals surface area contributed by atoms with Gasteiger partial charge in [0.25, 0.3) is 0 Å². The standard InChI is InChI=1S/C17H15Cl2NO2/c18-12-3-1-2-10(6-12)14-8-15(14)17(22)20-13-5-4-11(9-21)16(19)7-13/h1-7,14-15,21H,8-9H2,(H,20,22)/t14-,15+/m1/s1. The van der Waals surface area contributed by atoms with Crippen molar-refractivity contribution in [1.29, 1.82) is 0 Å². The molecule has 0 spiro atoms. The highest BCUT2D eigenvalue weighted by Crippen LogP contribution is 2.48. The molecule has 1 saturated carbocycles. The Labute approximate surface area is 138 Å². The number of anilines is 1. The van der Waals surface area contributed by atoms with E-state index in [0.717, 1.165) is 12.0 Å². The summed E-state index contributed by atoms with van der Waals surface area (Å²) in [5.41, 5.74) is 2.38. The van der Waals surface area contributed by atoms with Crippen molar-refractivity contribution in [2.45, 2.75) is 18.9 Å². The number of rotatable bonds is 4. The molecule has 114 valence electrons. The van der Waals surface area contributed by atoms with Crippen molar-refractivity contribution in [3.05, 3.63) is 63.6 Å². The van der Waals surface area contributed by atoms with Crippen LogP contribution in [0.3, 0.4) is 0 Å². The molecule has 1 aliphatic rings. The molecule has 2 N–H and O–H groups in total. The monoisotopic (exact) mass is 335 g/mol. The van der Waals surface area contributed by atoms with Crippen LogP contribution in [0.15, 0.2) is 42.5 Å². The Morgan fingerprint density at radius 1 is 1.23 bits per heavy atom. The van der Waals surface area contributed by atoms with Crippen LogP contribution in [-0.4, -0.2) is 11.0 Å². The van der Waals surface area contributed by atoms with Crippen molar-refractivity contribution in [1.82, 2.24) is 0 Å². The molecule has 1 fully saturated rings. The van der Waals surface area contributed by atoms with Gasteiger partial charge in [0.1, 0.15) is 0 Å². The molecule has 3 nitrogen and oxygen atoms in total. The molecule has 0 radical (unpaired) electrons. The van der Waals surface area contributed by atoms with Crippen LogP contribution in [0.2, 0.25) is 10.0 Å². The molecule has 0 heterocycles. The van der Waals surface area contributed by atoms with Gasteiger partial charge < -0.3 is 10.4 Å². The number of carbonyl (C=O) groups is 1. The number of aliphatic hydroxyl groups is 1. The van der Waals surface area contributed by atoms with Crippen LogP contribution in [0, 0.1) is 5.92 Å². The van der Waals surface area contributed by atoms with Gasteiger partial charge in [-0.05, 0) is 47.7 Å². The number of aliphatic hydroxyl groups excluding tert-OH is 1. The van der Waals surface area contributed by atoms with Gasteiger partial charge in [0.15, 0.2) is 0 Å². The van der Waals surface area contributed by atoms with Gasteiger partial charge in [0.2, 0.25) is 5.91 Å². The van der Waals surface area contributed by atoms with E-state index in [-0.39, 0.29) is 24.3 Å². The van der Waals surface area contributed by atoms with Crippen molar-refractivity contribution in [3.8, 4) is 0 Å². The largest absolute Gasteiger partial charge is 0.392 e. The van der Waals surface area contributed by atoms with Crippen molar-refractivity contribution < 1.29 is 9.90 Å². The molecular formula is C17H15Cl2NO2. The first-order chi connectivity index (χ1) is 10.6. The van der Waals surface area contributed by atoms with Gasteiger partial charge in [-0.3, -0.25) is 4.79 Å². The molecule has 2 aromatic carbocycles. The Bertz CT molecular complexity index is 718. The first kappa shape index (κ1) is 15.3. The quantitative estimate of drug-likeness (QED) is 0.878. The minimum Gasteiger partial charge on any atom is -0.392 e. The van der Waals surface area contributed by atoms with E-state index >= 15 is 0 Å². The van der Waals surface area contributed by atoms with E-state index in [1.54, 1.807) is 18.2 Å². The van der Waals surface area contributed by atoms with E-state index in [1.165, 1.54) is 0 Å². The van der Waals surface area contributed by atoms with Gasteiger partial charge in [-0.1, -0.05) is 41.4 Å². The summed E-state index contributed by atoms with van der Waals surface area (Å²) in [6, 6.07) is 12.7. The number of hydrogen-bond acceptors (Lipinski definition) is 2. The van der Waals surface area contributed by atoms with Crippen molar-refractivity contribution >= 4 is 34.8 Å². The predicted molar refractivity (Wildman–Crippen MR) is 88.3 cm³/mol. The van der Waals surface area contributed by atoms with E-state index in [1.807, 2.05) is 24.3 Å². The molecule has 5 heteroatoms. The second-order valence-corrected chi connectivity index (χ2v) is 6.30. The van der Waals surface area contributed by atoms with Crippen LogP contribution in [0.5, 0.6) is 0 Å². The van der Waals surface area contributed by atoms with Crippen LogP contribution in [0.4, 0.5) is 5.69 Å². The van der Waals surface area contributed by atoms with Gasteiger partial charge in [-0.25, -0.2) is 0 Å². The van der Waals surface area contributed by atoms with E-state index in [9.17, 15) is 4.79 Å². The molecule has 2 aromatic rings. The Kier molecular flexibility index (Phi) is 4.39. The normalized spacial score (nSPS) is 19.8. The fraction of sp³-hybridized carbons (Fsp3) is 0.235. The lowest BCUT2D eigenvalue weighted by Gasteiger charge is -2.07. The second-order valence-electron chi connectivity index (χ2n) is 5.46. The summed E-state index contributed by atoms with van der Waals surface area (Å²) in [5, 5.41) is 13.1. The van der Waals surface area contributed by atoms with Gasteiger partial charge in [0.05, 0.1) is 6.61 Å². The lowest BCUT2D eigenvalue weighted by molar-refractivity contribution is -0.117. The van der Waals surface area contributed by atoms with Crippen LogP contribution in [0.1, 0.15) is 23.5 Å². The molecule has 0 unspecified atom stereocenters. The van der Waals surface area contributed by atoms with E-state index in [0.29, 0.717) is 21.3 Å². The molecular weight excluding hydrogens is 321 g/mol. The van der Waals surface area contributed by atoms with Gasteiger partial charge in [-0.15, -0.1) is 0 Å². The molecule has 3 rings (SSSR count). The highest BCUT2D eigenvalue weighted by molar-refractivity contribution is 6.31. The summed E-state index contributed by atoms with van der Waals surface area (Å²) in [7, 11) is 0. The Morgan fingerprint density at radius 2 is 2.05 bits per heavy atom. The summed E-state index contributed by atoms with van der Waals surface area (Å²) in [6.07, 6.45) is 0.828. The topological polar surface area (TPSA) is 49.3 Å². The van der Waals surface area contributed by atoms with Crippen LogP contribution >= 0.6 is 23.2 Å². The van der Waals surface area contributed by atoms with Crippen molar-refractivity contribution in [3.63, 3.8) is 0 Å². The Balaban J connectivity index is 1.65. The maximum absolute atomic E-state index is 12.3. The maximum Gasteiger partial charge on any atom is 0.228 e. The average molecular weight is 336 g/mol. The highest BCUT2D eigenvalue weighted by atomic mass is 35.5. The maximum atomic E-state index is 12.3. The number of amides is 1. The number of halogens is 2. The van der Waals surface area contributed by atoms with Gasteiger partial charge >= 0.3 is 0 Å². The zero-order chi connectivity index (χ0) is 15.7. The fourth-order valence-corrected chi connectivity index (χ4v) is 3.02. The number of nitrogens with one attached hydrogen (secondary N) is 1. The lowest BCUT2D eigenvalue weighted by atomic mass is 10.1. The summed E-state index contributed by atoms with van der Waals surface area (Å²) < 4.78 is 0. The number of benzene rings is 2. The number of carbonyl (C=O) groups excluding carboxylic acids is 1. The molecule has 0 aromatic heterocycles. The molecule has 2 atom stereocenters. The van der Waals surface area contributed by atoms with Crippen LogP contribution < -0.4 is 5.32 Å². The van der Waals surface area contributed by atoms with Crippen molar-refractivity contribution in [2.75, 3.05) is 5.32 Å². The molecule has 0 bridgehead atoms. The zero-order valence-electron chi connectivity index (χ0n) is 11.7. The highest BCUT2D eigenvalue weighted by Gasteiger charge is 2.43. The zero-order valence-corrected chi connectivity index (χ0v) is 13.2. The average Bonchev–Trinajstić information content (AvgIpc) is 3.28. The van der Waals surface area contributed by atoms with Crippen molar-refractivity contribution in [2.24, 2.45) is 5.92 Å². The first-order valence-electron chi connectivity index (χ1n) is 7.04. The second kappa shape index (κ2) is 6.29. The summed E-state index contributed by atoms with van der Waals surface area (Å²) in [5.74, 6) is 0.179. The third-order valence-corrected chi connectivity index (χ3v) is 4.48.